The van der Waals surface area contributed by atoms with Crippen molar-refractivity contribution in [1.82, 2.24) is 0 Å². The molecule has 0 radical (unpaired) electrons. The van der Waals surface area contributed by atoms with E-state index < -0.39 is 5.97 Å². The van der Waals surface area contributed by atoms with E-state index in [0.29, 0.717) is 18.2 Å². The Bertz CT molecular complexity index is 942. The van der Waals surface area contributed by atoms with E-state index >= 15 is 0 Å². The summed E-state index contributed by atoms with van der Waals surface area (Å²) >= 11 is 6.15. The van der Waals surface area contributed by atoms with Crippen molar-refractivity contribution in [2.24, 2.45) is 0 Å². The van der Waals surface area contributed by atoms with Gasteiger partial charge in [-0.25, -0.2) is 4.79 Å². The van der Waals surface area contributed by atoms with Gasteiger partial charge in [0.05, 0.1) is 5.56 Å². The molecular weight excluding hydrogens is 362 g/mol. The van der Waals surface area contributed by atoms with Gasteiger partial charge in [-0.15, -0.1) is 0 Å². The molecule has 0 spiro atoms. The maximum atomic E-state index is 11.2. The molecule has 0 saturated heterocycles. The van der Waals surface area contributed by atoms with Gasteiger partial charge >= 0.3 is 5.97 Å². The van der Waals surface area contributed by atoms with Crippen LogP contribution in [0.3, 0.4) is 0 Å². The lowest BCUT2D eigenvalue weighted by atomic mass is 10.1. The number of halogens is 1. The highest BCUT2D eigenvalue weighted by atomic mass is 35.5. The van der Waals surface area contributed by atoms with Crippen molar-refractivity contribution in [1.29, 1.82) is 0 Å². The first kappa shape index (κ1) is 18.8. The van der Waals surface area contributed by atoms with Crippen molar-refractivity contribution in [3.05, 3.63) is 94.0 Å². The zero-order valence-electron chi connectivity index (χ0n) is 14.9. The number of aromatic carboxylic acids is 1. The summed E-state index contributed by atoms with van der Waals surface area (Å²) in [5.74, 6) is -0.213. The number of hydrogen-bond donors (Lipinski definition) is 2. The van der Waals surface area contributed by atoms with Gasteiger partial charge in [0.2, 0.25) is 0 Å². The molecule has 0 aromatic heterocycles. The highest BCUT2D eigenvalue weighted by molar-refractivity contribution is 6.30. The Balaban J connectivity index is 1.75. The number of carboxylic acid groups (broad SMARTS) is 1. The van der Waals surface area contributed by atoms with Crippen molar-refractivity contribution < 1.29 is 14.6 Å². The smallest absolute Gasteiger partial charge is 0.335 e. The molecule has 0 heterocycles. The van der Waals surface area contributed by atoms with Gasteiger partial charge in [-0.3, -0.25) is 0 Å². The van der Waals surface area contributed by atoms with Gasteiger partial charge < -0.3 is 15.2 Å². The number of rotatable bonds is 7. The number of aryl methyl sites for hydroxylation is 1. The molecule has 0 amide bonds. The van der Waals surface area contributed by atoms with E-state index in [-0.39, 0.29) is 5.56 Å². The molecule has 4 nitrogen and oxygen atoms in total. The Hall–Kier alpha value is -2.98. The monoisotopic (exact) mass is 381 g/mol. The number of carbonyl (C=O) groups is 1. The second-order valence-corrected chi connectivity index (χ2v) is 6.65. The molecule has 3 rings (SSSR count). The molecule has 0 unspecified atom stereocenters. The first-order chi connectivity index (χ1) is 13.0. The van der Waals surface area contributed by atoms with Crippen LogP contribution in [0.4, 0.5) is 5.69 Å². The van der Waals surface area contributed by atoms with Crippen molar-refractivity contribution in [2.45, 2.75) is 20.1 Å². The zero-order chi connectivity index (χ0) is 19.2. The van der Waals surface area contributed by atoms with Gasteiger partial charge in [0.25, 0.3) is 0 Å². The minimum absolute atomic E-state index is 0.245. The number of anilines is 1. The fourth-order valence-corrected chi connectivity index (χ4v) is 2.89. The van der Waals surface area contributed by atoms with Crippen LogP contribution in [0.15, 0.2) is 66.7 Å². The van der Waals surface area contributed by atoms with Crippen LogP contribution in [0.25, 0.3) is 0 Å². The van der Waals surface area contributed by atoms with Crippen molar-refractivity contribution in [3.8, 4) is 5.75 Å². The van der Waals surface area contributed by atoms with Gasteiger partial charge in [-0.05, 0) is 48.4 Å². The van der Waals surface area contributed by atoms with Gasteiger partial charge in [-0.2, -0.15) is 0 Å². The molecule has 3 aromatic carbocycles. The van der Waals surface area contributed by atoms with Gasteiger partial charge in [0.1, 0.15) is 12.4 Å². The standard InChI is InChI=1S/C22H20ClNO3/c1-15-7-8-17(22(25)26)12-20(15)24-13-18-11-19(23)9-10-21(18)27-14-16-5-3-2-4-6-16/h2-12,24H,13-14H2,1H3,(H,25,26). The Morgan fingerprint density at radius 3 is 2.59 bits per heavy atom. The van der Waals surface area contributed by atoms with Gasteiger partial charge in [-0.1, -0.05) is 48.0 Å². The quantitative estimate of drug-likeness (QED) is 0.564. The van der Waals surface area contributed by atoms with Crippen molar-refractivity contribution in [2.75, 3.05) is 5.32 Å². The Morgan fingerprint density at radius 1 is 1.07 bits per heavy atom. The van der Waals surface area contributed by atoms with E-state index in [4.69, 9.17) is 16.3 Å². The van der Waals surface area contributed by atoms with Crippen LogP contribution in [-0.2, 0) is 13.2 Å². The van der Waals surface area contributed by atoms with Crippen LogP contribution in [0.1, 0.15) is 27.0 Å². The lowest BCUT2D eigenvalue weighted by Gasteiger charge is -2.15. The first-order valence-corrected chi connectivity index (χ1v) is 8.93. The Labute approximate surface area is 163 Å². The van der Waals surface area contributed by atoms with E-state index in [2.05, 4.69) is 5.32 Å². The topological polar surface area (TPSA) is 58.6 Å². The molecule has 0 fully saturated rings. The Morgan fingerprint density at radius 2 is 1.85 bits per heavy atom. The number of nitrogens with one attached hydrogen (secondary N) is 1. The number of carboxylic acids is 1. The molecule has 0 aliphatic carbocycles. The SMILES string of the molecule is Cc1ccc(C(=O)O)cc1NCc1cc(Cl)ccc1OCc1ccccc1. The lowest BCUT2D eigenvalue weighted by Crippen LogP contribution is -2.06. The van der Waals surface area contributed by atoms with Crippen LogP contribution in [0, 0.1) is 6.92 Å². The van der Waals surface area contributed by atoms with Crippen molar-refractivity contribution in [3.63, 3.8) is 0 Å². The lowest BCUT2D eigenvalue weighted by molar-refractivity contribution is 0.0697. The van der Waals surface area contributed by atoms with Crippen LogP contribution < -0.4 is 10.1 Å². The molecule has 0 bridgehead atoms. The minimum atomic E-state index is -0.951. The molecule has 0 saturated carbocycles. The fraction of sp³-hybridized carbons (Fsp3) is 0.136. The summed E-state index contributed by atoms with van der Waals surface area (Å²) in [5.41, 5.74) is 3.96. The largest absolute Gasteiger partial charge is 0.489 e. The van der Waals surface area contributed by atoms with E-state index in [0.717, 1.165) is 28.1 Å². The summed E-state index contributed by atoms with van der Waals surface area (Å²) in [6, 6.07) is 20.4. The molecule has 0 aliphatic rings. The molecule has 27 heavy (non-hydrogen) atoms. The van der Waals surface area contributed by atoms with E-state index in [1.54, 1.807) is 24.3 Å². The zero-order valence-corrected chi connectivity index (χ0v) is 15.7. The normalized spacial score (nSPS) is 10.4. The van der Waals surface area contributed by atoms with Crippen LogP contribution in [0.5, 0.6) is 5.75 Å². The minimum Gasteiger partial charge on any atom is -0.489 e. The highest BCUT2D eigenvalue weighted by Crippen LogP contribution is 2.26. The first-order valence-electron chi connectivity index (χ1n) is 8.56. The molecule has 3 aromatic rings. The van der Waals surface area contributed by atoms with E-state index in [1.807, 2.05) is 49.4 Å². The average Bonchev–Trinajstić information content (AvgIpc) is 2.67. The second kappa shape index (κ2) is 8.60. The maximum absolute atomic E-state index is 11.2. The molecular formula is C22H20ClNO3. The number of benzene rings is 3. The molecule has 2 N–H and O–H groups in total. The van der Waals surface area contributed by atoms with E-state index in [1.165, 1.54) is 0 Å². The third kappa shape index (κ3) is 5.02. The van der Waals surface area contributed by atoms with Gasteiger partial charge in [0, 0.05) is 22.8 Å². The summed E-state index contributed by atoms with van der Waals surface area (Å²) in [6.07, 6.45) is 0. The Kier molecular flexibility index (Phi) is 5.99. The number of hydrogen-bond acceptors (Lipinski definition) is 3. The molecule has 5 heteroatoms. The summed E-state index contributed by atoms with van der Waals surface area (Å²) in [7, 11) is 0. The van der Waals surface area contributed by atoms with E-state index in [9.17, 15) is 9.90 Å². The van der Waals surface area contributed by atoms with Crippen LogP contribution in [-0.4, -0.2) is 11.1 Å². The van der Waals surface area contributed by atoms with Crippen molar-refractivity contribution >= 4 is 23.3 Å². The highest BCUT2D eigenvalue weighted by Gasteiger charge is 2.09. The summed E-state index contributed by atoms with van der Waals surface area (Å²) < 4.78 is 5.97. The van der Waals surface area contributed by atoms with Crippen LogP contribution >= 0.6 is 11.6 Å². The number of ether oxygens (including phenoxy) is 1. The van der Waals surface area contributed by atoms with Gasteiger partial charge in [0.15, 0.2) is 0 Å². The second-order valence-electron chi connectivity index (χ2n) is 6.21. The molecule has 0 atom stereocenters. The predicted molar refractivity (Wildman–Crippen MR) is 108 cm³/mol. The summed E-state index contributed by atoms with van der Waals surface area (Å²) in [4.78, 5) is 11.2. The summed E-state index contributed by atoms with van der Waals surface area (Å²) in [6.45, 7) is 2.86. The third-order valence-electron chi connectivity index (χ3n) is 4.21. The summed E-state index contributed by atoms with van der Waals surface area (Å²) in [5, 5.41) is 13.1. The molecule has 0 aliphatic heterocycles. The molecule has 138 valence electrons. The average molecular weight is 382 g/mol. The fourth-order valence-electron chi connectivity index (χ4n) is 2.70. The predicted octanol–water partition coefficient (Wildman–Crippen LogP) is 5.54. The van der Waals surface area contributed by atoms with Crippen LogP contribution in [0.2, 0.25) is 5.02 Å². The maximum Gasteiger partial charge on any atom is 0.335 e. The third-order valence-corrected chi connectivity index (χ3v) is 4.45.